The summed E-state index contributed by atoms with van der Waals surface area (Å²) >= 11 is 0. The molecule has 3 heterocycles. The van der Waals surface area contributed by atoms with E-state index in [1.165, 1.54) is 11.1 Å². The maximum Gasteiger partial charge on any atom is 2.00 e. The average Bonchev–Trinajstić information content (AvgIpc) is 3.59. The van der Waals surface area contributed by atoms with E-state index in [9.17, 15) is 0 Å². The summed E-state index contributed by atoms with van der Waals surface area (Å²) in [6.45, 7) is 19.3. The predicted molar refractivity (Wildman–Crippen MR) is 202 cm³/mol. The zero-order valence-corrected chi connectivity index (χ0v) is 32.6. The molecule has 0 spiro atoms. The van der Waals surface area contributed by atoms with Gasteiger partial charge in [0, 0.05) is 14.5 Å². The van der Waals surface area contributed by atoms with Gasteiger partial charge in [0.2, 0.25) is 0 Å². The Bertz CT molecular complexity index is 2440. The van der Waals surface area contributed by atoms with Gasteiger partial charge in [-0.3, -0.25) is 4.99 Å². The number of hydrogen-bond acceptors (Lipinski definition) is 3. The van der Waals surface area contributed by atoms with Crippen LogP contribution in [0.3, 0.4) is 0 Å². The summed E-state index contributed by atoms with van der Waals surface area (Å²) in [7, 11) is 0. The van der Waals surface area contributed by atoms with Crippen molar-refractivity contribution < 1.29 is 28.5 Å². The molecule has 4 nitrogen and oxygen atoms in total. The number of aromatic nitrogens is 2. The Morgan fingerprint density at radius 3 is 2.50 bits per heavy atom. The Labute approximate surface area is 314 Å². The fraction of sp³-hybridized carbons (Fsp3) is 0.333. The molecule has 0 unspecified atom stereocenters. The van der Waals surface area contributed by atoms with Crippen LogP contribution in [0.15, 0.2) is 77.9 Å². The zero-order chi connectivity index (χ0) is 36.2. The van der Waals surface area contributed by atoms with Gasteiger partial charge >= 0.3 is 21.1 Å². The Morgan fingerprint density at radius 1 is 0.940 bits per heavy atom. The average molecular weight is 841 g/mol. The van der Waals surface area contributed by atoms with E-state index in [2.05, 4.69) is 119 Å². The third-order valence-corrected chi connectivity index (χ3v) is 10.6. The largest absolute Gasteiger partial charge is 2.00 e. The van der Waals surface area contributed by atoms with Crippen LogP contribution in [0.1, 0.15) is 107 Å². The number of aliphatic imine (C=N–C) groups is 1. The summed E-state index contributed by atoms with van der Waals surface area (Å²) < 4.78 is 27.3. The van der Waals surface area contributed by atoms with Crippen LogP contribution >= 0.6 is 0 Å². The number of hydrogen-bond donors (Lipinski definition) is 0. The first kappa shape index (κ1) is 31.9. The molecule has 0 saturated heterocycles. The molecule has 1 aliphatic carbocycles. The van der Waals surface area contributed by atoms with E-state index in [0.29, 0.717) is 5.90 Å². The molecule has 4 aromatic carbocycles. The molecule has 0 saturated carbocycles. The van der Waals surface area contributed by atoms with Crippen molar-refractivity contribution in [3.63, 3.8) is 0 Å². The van der Waals surface area contributed by atoms with Gasteiger partial charge in [0.1, 0.15) is 17.5 Å². The molecule has 8 rings (SSSR count). The monoisotopic (exact) mass is 840 g/mol. The molecule has 0 amide bonds. The Balaban J connectivity index is 0.00000420. The van der Waals surface area contributed by atoms with Crippen LogP contribution in [-0.2, 0) is 37.6 Å². The molecule has 1 aliphatic heterocycles. The van der Waals surface area contributed by atoms with Gasteiger partial charge in [-0.1, -0.05) is 81.5 Å². The van der Waals surface area contributed by atoms with Gasteiger partial charge in [-0.2, -0.15) is 0 Å². The van der Waals surface area contributed by atoms with Gasteiger partial charge in [-0.05, 0) is 114 Å². The second-order valence-electron chi connectivity index (χ2n) is 15.6. The van der Waals surface area contributed by atoms with Crippen LogP contribution < -0.4 is 0 Å². The third-order valence-electron chi connectivity index (χ3n) is 10.6. The smallest absolute Gasteiger partial charge is 0.512 e. The first-order valence-corrected chi connectivity index (χ1v) is 17.4. The predicted octanol–water partition coefficient (Wildman–Crippen LogP) is 11.0. The van der Waals surface area contributed by atoms with Crippen LogP contribution in [-0.4, -0.2) is 21.0 Å². The minimum absolute atomic E-state index is 0. The molecule has 0 bridgehead atoms. The fourth-order valence-corrected chi connectivity index (χ4v) is 7.42. The topological polar surface area (TPSA) is 39.4 Å². The molecular weight excluding hydrogens is 794 g/mol. The fourth-order valence-electron chi connectivity index (χ4n) is 7.42. The summed E-state index contributed by atoms with van der Waals surface area (Å²) in [5, 5.41) is 2.28. The molecule has 5 heteroatoms. The normalized spacial score (nSPS) is 20.1. The summed E-state index contributed by atoms with van der Waals surface area (Å²) in [5.74, 6) is 0.745. The number of rotatable bonds is 4. The van der Waals surface area contributed by atoms with Crippen LogP contribution in [0.5, 0.6) is 0 Å². The van der Waals surface area contributed by atoms with Crippen molar-refractivity contribution in [3.8, 4) is 16.9 Å². The van der Waals surface area contributed by atoms with E-state index in [-0.39, 0.29) is 44.9 Å². The van der Waals surface area contributed by atoms with Crippen molar-refractivity contribution in [2.24, 2.45) is 4.99 Å². The van der Waals surface area contributed by atoms with Crippen LogP contribution in [0.4, 0.5) is 0 Å². The minimum Gasteiger partial charge on any atom is -0.512 e. The van der Waals surface area contributed by atoms with Crippen LogP contribution in [0.25, 0.3) is 38.8 Å². The van der Waals surface area contributed by atoms with Gasteiger partial charge in [0.15, 0.2) is 0 Å². The summed E-state index contributed by atoms with van der Waals surface area (Å²) in [5.41, 5.74) is 12.0. The Kier molecular flexibility index (Phi) is 7.88. The minimum atomic E-state index is -1.54. The van der Waals surface area contributed by atoms with E-state index in [1.807, 2.05) is 33.0 Å². The Morgan fingerprint density at radius 2 is 1.74 bits per heavy atom. The molecule has 2 atom stereocenters. The number of ether oxygens (including phenoxy) is 1. The molecule has 6 aromatic rings. The van der Waals surface area contributed by atoms with E-state index in [4.69, 9.17) is 17.5 Å². The first-order chi connectivity index (χ1) is 24.0. The molecule has 0 radical (unpaired) electrons. The van der Waals surface area contributed by atoms with Crippen molar-refractivity contribution in [1.29, 1.82) is 0 Å². The number of aryl methyl sites for hydroxylation is 2. The molecule has 2 aromatic heterocycles. The Hall–Kier alpha value is -4.01. The van der Waals surface area contributed by atoms with Gasteiger partial charge in [-0.15, -0.1) is 47.5 Å². The number of nitrogens with zero attached hydrogens (tertiary/aromatic N) is 3. The summed E-state index contributed by atoms with van der Waals surface area (Å²) in [6.07, 6.45) is 0.581. The molecule has 2 aliphatic rings. The van der Waals surface area contributed by atoms with E-state index < -0.39 is 12.0 Å². The van der Waals surface area contributed by atoms with Gasteiger partial charge in [0.05, 0.1) is 0 Å². The zero-order valence-electron chi connectivity index (χ0n) is 32.4. The third kappa shape index (κ3) is 5.65. The second-order valence-corrected chi connectivity index (χ2v) is 15.6. The number of pyridine rings is 1. The molecule has 256 valence electrons. The van der Waals surface area contributed by atoms with Crippen LogP contribution in [0, 0.1) is 32.9 Å². The van der Waals surface area contributed by atoms with E-state index in [0.717, 1.165) is 72.1 Å². The van der Waals surface area contributed by atoms with E-state index in [1.54, 1.807) is 0 Å². The molecule has 0 N–H and O–H groups in total. The van der Waals surface area contributed by atoms with E-state index >= 15 is 0 Å². The van der Waals surface area contributed by atoms with Gasteiger partial charge < -0.3 is 14.3 Å². The van der Waals surface area contributed by atoms with Crippen molar-refractivity contribution in [2.45, 2.75) is 98.1 Å². The second kappa shape index (κ2) is 12.3. The standard InChI is InChI=1S/C45H45N3O.Pt/c1-26(2)31-21-32(43-47-42-37-13-11-28(4)29(5)35(37)16-18-45(42,9)49-43)23-34(22-31)48-40-15-10-27(3)20-38(40)36-14-12-30(24-41(36)48)39-25-33(17-19-46-39)44(6,7)8;/h10-15,17,19-22,25-26,42H,16,18H2,1-9H3;/q-2;+2/t42-,45+;/m1./s1/i16D2;. The quantitative estimate of drug-likeness (QED) is 0.166. The van der Waals surface area contributed by atoms with Gasteiger partial charge in [-0.25, -0.2) is 0 Å². The summed E-state index contributed by atoms with van der Waals surface area (Å²) in [4.78, 5) is 10.0. The maximum atomic E-state index is 9.12. The van der Waals surface area contributed by atoms with Crippen molar-refractivity contribution in [3.05, 3.63) is 130 Å². The van der Waals surface area contributed by atoms with Crippen LogP contribution in [0.2, 0.25) is 0 Å². The van der Waals surface area contributed by atoms with Gasteiger partial charge in [0.25, 0.3) is 0 Å². The van der Waals surface area contributed by atoms with Crippen molar-refractivity contribution in [1.82, 2.24) is 9.55 Å². The number of fused-ring (bicyclic) bond motifs is 6. The molecule has 50 heavy (non-hydrogen) atoms. The van der Waals surface area contributed by atoms with Crippen molar-refractivity contribution >= 4 is 27.7 Å². The summed E-state index contributed by atoms with van der Waals surface area (Å²) in [6, 6.07) is 30.9. The maximum absolute atomic E-state index is 9.12. The SMILES string of the molecule is [2H]C1([2H])C[C@]2(C)OC(c3[c-]c(-n4c5[c-]c(-c6cc(C(C)(C)C)ccn6)ccc5c5cc(C)ccc54)cc(C(C)C)c3)=N[C@@H]2c2ccc(C)c(C)c21.[Pt+2]. The molecular formula is C45H45N3OPt. The number of benzene rings is 4. The first-order valence-electron chi connectivity index (χ1n) is 18.4. The molecule has 0 fully saturated rings. The van der Waals surface area contributed by atoms with Crippen molar-refractivity contribution in [2.75, 3.05) is 0 Å².